The molecule has 1 N–H and O–H groups in total. The number of unbranched alkanes of at least 4 members (excludes halogenated alkanes) is 2. The number of carbonyl (C=O) groups excluding carboxylic acids is 2. The van der Waals surface area contributed by atoms with Gasteiger partial charge in [-0.25, -0.2) is 4.39 Å². The van der Waals surface area contributed by atoms with Gasteiger partial charge in [0, 0.05) is 37.6 Å². The van der Waals surface area contributed by atoms with Crippen molar-refractivity contribution in [1.82, 2.24) is 28.9 Å². The first-order valence-electron chi connectivity index (χ1n) is 22.7. The summed E-state index contributed by atoms with van der Waals surface area (Å²) >= 11 is 2.52. The zero-order valence-corrected chi connectivity index (χ0v) is 40.3. The van der Waals surface area contributed by atoms with Crippen LogP contribution in [-0.2, 0) is 25.4 Å². The molecule has 6 heterocycles. The van der Waals surface area contributed by atoms with Gasteiger partial charge in [0.05, 0.1) is 61.7 Å². The van der Waals surface area contributed by atoms with Crippen molar-refractivity contribution < 1.29 is 50.2 Å². The number of pyridine rings is 2. The van der Waals surface area contributed by atoms with Crippen LogP contribution in [0, 0.1) is 5.82 Å². The van der Waals surface area contributed by atoms with Gasteiger partial charge in [-0.2, -0.15) is 36.3 Å². The van der Waals surface area contributed by atoms with Crippen LogP contribution in [0.5, 0.6) is 5.75 Å². The lowest BCUT2D eigenvalue weighted by Crippen LogP contribution is -2.30. The van der Waals surface area contributed by atoms with Crippen molar-refractivity contribution in [2.24, 2.45) is 9.98 Å². The lowest BCUT2D eigenvalue weighted by atomic mass is 10.1. The van der Waals surface area contributed by atoms with Crippen LogP contribution in [0.4, 0.5) is 30.7 Å². The molecule has 0 unspecified atom stereocenters. The van der Waals surface area contributed by atoms with Gasteiger partial charge in [0.2, 0.25) is 0 Å². The van der Waals surface area contributed by atoms with Crippen molar-refractivity contribution in [3.05, 3.63) is 111 Å². The summed E-state index contributed by atoms with van der Waals surface area (Å²) in [5.41, 5.74) is -1.28. The highest BCUT2D eigenvalue weighted by atomic mass is 32.1. The van der Waals surface area contributed by atoms with Gasteiger partial charge in [0.25, 0.3) is 11.8 Å². The van der Waals surface area contributed by atoms with Gasteiger partial charge in [-0.3, -0.25) is 19.6 Å². The van der Waals surface area contributed by atoms with E-state index in [1.54, 1.807) is 35.4 Å². The number of aromatic nitrogens is 4. The van der Waals surface area contributed by atoms with E-state index in [1.165, 1.54) is 41.6 Å². The number of rotatable bonds is 12. The van der Waals surface area contributed by atoms with Gasteiger partial charge in [-0.05, 0) is 114 Å². The Morgan fingerprint density at radius 1 is 0.725 bits per heavy atom. The van der Waals surface area contributed by atoms with E-state index in [0.29, 0.717) is 60.1 Å². The van der Waals surface area contributed by atoms with Crippen molar-refractivity contribution in [2.45, 2.75) is 103 Å². The number of nitrogens with zero attached hydrogens (tertiary/aromatic N) is 8. The fraction of sp³-hybridized carbons (Fsp3) is 0.458. The summed E-state index contributed by atoms with van der Waals surface area (Å²) in [6, 6.07) is 8.93. The number of carbonyl (C=O) groups is 2. The summed E-state index contributed by atoms with van der Waals surface area (Å²) in [6.07, 6.45) is 5.29. The standard InChI is InChI=1S/C24H27F3N4O2S.C18H15F4N3OS.C6H13NO/c1-3-4-12-31-19-14-28-10-9-21(19)34-23(31)29-22(32)18-13-16(24(25,26)27)7-8-20(18)33-15-17-6-5-11-30(17)2;1-2-3-8-25-14-10-23-7-6-15(14)27-17(25)24-16(26)12-9-11(18(20,21)22)4-5-13(12)19;1-7-4-2-3-6(7)5-8/h7-10,13-14,17H,3-6,11-12,15H2,1-2H3;4-7,9-10H,2-3,8H2,1H3;6,8H,2-5H2,1H3/t17-;;6-/m0.0/s1. The van der Waals surface area contributed by atoms with Crippen molar-refractivity contribution in [3.8, 4) is 5.75 Å². The first-order valence-corrected chi connectivity index (χ1v) is 24.3. The Balaban J connectivity index is 0.000000199. The molecule has 2 atom stereocenters. The number of thiazole rings is 2. The largest absolute Gasteiger partial charge is 0.491 e. The molecule has 2 saturated heterocycles. The normalized spacial score (nSPS) is 17.3. The summed E-state index contributed by atoms with van der Waals surface area (Å²) in [5, 5.41) is 8.69. The molecule has 2 aliphatic heterocycles. The monoisotopic (exact) mass is 1000 g/mol. The average molecular weight is 1010 g/mol. The number of aliphatic hydroxyl groups is 1. The number of fused-ring (bicyclic) bond motifs is 2. The molecule has 0 spiro atoms. The molecule has 4 aromatic heterocycles. The molecule has 0 bridgehead atoms. The Kier molecular flexibility index (Phi) is 18.4. The van der Waals surface area contributed by atoms with Gasteiger partial charge in [-0.15, -0.1) is 0 Å². The predicted molar refractivity (Wildman–Crippen MR) is 252 cm³/mol. The van der Waals surface area contributed by atoms with Crippen molar-refractivity contribution >= 4 is 54.9 Å². The fourth-order valence-electron chi connectivity index (χ4n) is 7.81. The van der Waals surface area contributed by atoms with E-state index >= 15 is 0 Å². The van der Waals surface area contributed by atoms with E-state index in [0.717, 1.165) is 84.2 Å². The lowest BCUT2D eigenvalue weighted by Gasteiger charge is -2.20. The molecule has 2 aromatic carbocycles. The zero-order chi connectivity index (χ0) is 49.9. The quantitative estimate of drug-likeness (QED) is 0.120. The highest BCUT2D eigenvalue weighted by molar-refractivity contribution is 7.16. The number of likely N-dealkylation sites (tertiary alicyclic amines) is 2. The third kappa shape index (κ3) is 13.7. The second-order valence-corrected chi connectivity index (χ2v) is 18.8. The van der Waals surface area contributed by atoms with E-state index in [9.17, 15) is 40.3 Å². The van der Waals surface area contributed by atoms with Crippen molar-refractivity contribution in [1.29, 1.82) is 0 Å². The Hall–Kier alpha value is -5.35. The number of halogens is 7. The van der Waals surface area contributed by atoms with Gasteiger partial charge < -0.3 is 28.8 Å². The van der Waals surface area contributed by atoms with Crippen LogP contribution < -0.4 is 14.3 Å². The number of aliphatic hydroxyl groups excluding tert-OH is 1. The molecule has 0 aliphatic carbocycles. The molecule has 8 rings (SSSR count). The molecule has 6 aromatic rings. The SMILES string of the molecule is CCCCn1c(=NC(=O)c2cc(C(F)(F)F)ccc2F)sc2ccncc21.CCCCn1c(=NC(=O)c2cc(C(F)(F)F)ccc2OC[C@@H]2CCCN2C)sc2ccncc21.CN1CCC[C@H]1CO. The smallest absolute Gasteiger partial charge is 0.416 e. The maximum Gasteiger partial charge on any atom is 0.416 e. The Morgan fingerprint density at radius 3 is 1.65 bits per heavy atom. The molecule has 2 aliphatic rings. The Labute approximate surface area is 402 Å². The number of aryl methyl sites for hydroxylation is 2. The van der Waals surface area contributed by atoms with Crippen LogP contribution in [0.1, 0.15) is 97.1 Å². The maximum atomic E-state index is 14.0. The van der Waals surface area contributed by atoms with E-state index in [1.807, 2.05) is 24.6 Å². The Bertz CT molecular complexity index is 2840. The highest BCUT2D eigenvalue weighted by Gasteiger charge is 2.33. The number of likely N-dealkylation sites (N-methyl/N-ethyl adjacent to an activating group) is 2. The first kappa shape index (κ1) is 53.0. The molecule has 21 heteroatoms. The lowest BCUT2D eigenvalue weighted by molar-refractivity contribution is -0.138. The Morgan fingerprint density at radius 2 is 1.20 bits per heavy atom. The molecule has 69 heavy (non-hydrogen) atoms. The van der Waals surface area contributed by atoms with Gasteiger partial charge in [0.1, 0.15) is 18.2 Å². The third-order valence-electron chi connectivity index (χ3n) is 11.9. The van der Waals surface area contributed by atoms with E-state index in [4.69, 9.17) is 9.84 Å². The molecule has 12 nitrogen and oxygen atoms in total. The minimum Gasteiger partial charge on any atom is -0.491 e. The molecule has 0 radical (unpaired) electrons. The van der Waals surface area contributed by atoms with Gasteiger partial charge in [0.15, 0.2) is 9.60 Å². The number of hydrogen-bond donors (Lipinski definition) is 1. The number of benzene rings is 2. The van der Waals surface area contributed by atoms with Crippen molar-refractivity contribution in [2.75, 3.05) is 40.4 Å². The number of hydrogen-bond acceptors (Lipinski definition) is 10. The second-order valence-electron chi connectivity index (χ2n) is 16.7. The minimum atomic E-state index is -4.67. The summed E-state index contributed by atoms with van der Waals surface area (Å²) in [6.45, 7) is 8.00. The van der Waals surface area contributed by atoms with Gasteiger partial charge in [-0.1, -0.05) is 49.4 Å². The molecule has 2 fully saturated rings. The summed E-state index contributed by atoms with van der Waals surface area (Å²) in [4.78, 5) is 47.1. The van der Waals surface area contributed by atoms with E-state index < -0.39 is 46.7 Å². The minimum absolute atomic E-state index is 0.116. The van der Waals surface area contributed by atoms with Crippen LogP contribution in [0.15, 0.2) is 83.3 Å². The highest BCUT2D eigenvalue weighted by Crippen LogP contribution is 2.34. The maximum absolute atomic E-state index is 14.0. The molecular weight excluding hydrogens is 950 g/mol. The van der Waals surface area contributed by atoms with Crippen LogP contribution in [0.2, 0.25) is 0 Å². The van der Waals surface area contributed by atoms with Crippen LogP contribution in [0.3, 0.4) is 0 Å². The predicted octanol–water partition coefficient (Wildman–Crippen LogP) is 10.0. The van der Waals surface area contributed by atoms with Crippen LogP contribution >= 0.6 is 22.7 Å². The molecular formula is C48H55F7N8O4S2. The van der Waals surface area contributed by atoms with E-state index in [-0.39, 0.29) is 17.4 Å². The molecule has 372 valence electrons. The second kappa shape index (κ2) is 24.0. The summed E-state index contributed by atoms with van der Waals surface area (Å²) in [7, 11) is 4.05. The van der Waals surface area contributed by atoms with E-state index in [2.05, 4.69) is 43.7 Å². The number of amides is 2. The van der Waals surface area contributed by atoms with Crippen LogP contribution in [0.25, 0.3) is 20.4 Å². The van der Waals surface area contributed by atoms with Crippen LogP contribution in [-0.4, -0.2) is 98.3 Å². The molecule has 0 saturated carbocycles. The van der Waals surface area contributed by atoms with Gasteiger partial charge >= 0.3 is 12.4 Å². The number of alkyl halides is 6. The first-order chi connectivity index (χ1) is 32.9. The average Bonchev–Trinajstić information content (AvgIpc) is 4.11. The zero-order valence-electron chi connectivity index (χ0n) is 38.7. The number of ether oxygens (including phenoxy) is 1. The van der Waals surface area contributed by atoms with Crippen molar-refractivity contribution in [3.63, 3.8) is 0 Å². The third-order valence-corrected chi connectivity index (χ3v) is 14.0. The molecule has 2 amide bonds. The fourth-order valence-corrected chi connectivity index (χ4v) is 9.86. The summed E-state index contributed by atoms with van der Waals surface area (Å²) < 4.78 is 104. The topological polar surface area (TPSA) is 130 Å². The summed E-state index contributed by atoms with van der Waals surface area (Å²) in [5.74, 6) is -2.74.